The molecule has 0 aromatic heterocycles. The number of carbonyl (C=O) groups excluding carboxylic acids is 1. The average Bonchev–Trinajstić information content (AvgIpc) is 2.10. The van der Waals surface area contributed by atoms with E-state index in [1.54, 1.807) is 0 Å². The molecule has 0 aliphatic carbocycles. The third kappa shape index (κ3) is 2.67. The second-order valence-corrected chi connectivity index (χ2v) is 4.98. The first-order valence-corrected chi connectivity index (χ1v) is 6.01. The van der Waals surface area contributed by atoms with Gasteiger partial charge in [0.25, 0.3) is 0 Å². The van der Waals surface area contributed by atoms with E-state index in [0.29, 0.717) is 5.56 Å². The van der Waals surface area contributed by atoms with Crippen molar-refractivity contribution in [3.63, 3.8) is 0 Å². The number of hydrogen-bond donors (Lipinski definition) is 0. The van der Waals surface area contributed by atoms with Gasteiger partial charge in [-0.2, -0.15) is 0 Å². The lowest BCUT2D eigenvalue weighted by Crippen LogP contribution is -2.04. The Bertz CT molecular complexity index is 352. The first kappa shape index (κ1) is 11.5. The van der Waals surface area contributed by atoms with E-state index < -0.39 is 0 Å². The summed E-state index contributed by atoms with van der Waals surface area (Å²) in [5.74, 6) is 0.00582. The van der Waals surface area contributed by atoms with Gasteiger partial charge in [0, 0.05) is 13.6 Å². The molecule has 0 saturated carbocycles. The Hall–Kier alpha value is 0.390. The van der Waals surface area contributed by atoms with Gasteiger partial charge in [-0.15, -0.1) is 11.6 Å². The number of alkyl halides is 1. The second-order valence-electron chi connectivity index (χ2n) is 2.62. The molecular formula is C9H7BrClIO. The van der Waals surface area contributed by atoms with Crippen LogP contribution in [0, 0.1) is 10.5 Å². The van der Waals surface area contributed by atoms with Gasteiger partial charge in [-0.25, -0.2) is 0 Å². The normalized spacial score (nSPS) is 10.2. The van der Waals surface area contributed by atoms with Crippen LogP contribution in [0.15, 0.2) is 16.6 Å². The maximum absolute atomic E-state index is 11.4. The summed E-state index contributed by atoms with van der Waals surface area (Å²) in [6.07, 6.45) is 0. The molecule has 0 spiro atoms. The molecule has 0 heterocycles. The Labute approximate surface area is 104 Å². The SMILES string of the molecule is Cc1c(Br)cc(I)cc1C(=O)CCl. The van der Waals surface area contributed by atoms with Crippen LogP contribution in [0.4, 0.5) is 0 Å². The molecule has 0 radical (unpaired) electrons. The highest BCUT2D eigenvalue weighted by atomic mass is 127. The van der Waals surface area contributed by atoms with Gasteiger partial charge >= 0.3 is 0 Å². The molecular weight excluding hydrogens is 366 g/mol. The zero-order valence-corrected chi connectivity index (χ0v) is 11.4. The van der Waals surface area contributed by atoms with Crippen molar-refractivity contribution in [2.45, 2.75) is 6.92 Å². The summed E-state index contributed by atoms with van der Waals surface area (Å²) in [5.41, 5.74) is 1.65. The zero-order chi connectivity index (χ0) is 10.0. The summed E-state index contributed by atoms with van der Waals surface area (Å²) in [6, 6.07) is 3.83. The number of hydrogen-bond acceptors (Lipinski definition) is 1. The van der Waals surface area contributed by atoms with Crippen LogP contribution in [-0.4, -0.2) is 11.7 Å². The highest BCUT2D eigenvalue weighted by Crippen LogP contribution is 2.23. The van der Waals surface area contributed by atoms with Gasteiger partial charge < -0.3 is 0 Å². The lowest BCUT2D eigenvalue weighted by molar-refractivity contribution is 0.102. The molecule has 0 bridgehead atoms. The minimum Gasteiger partial charge on any atom is -0.293 e. The van der Waals surface area contributed by atoms with E-state index in [-0.39, 0.29) is 11.7 Å². The minimum absolute atomic E-state index is 0.0293. The summed E-state index contributed by atoms with van der Waals surface area (Å²) in [7, 11) is 0. The predicted octanol–water partition coefficient (Wildman–Crippen LogP) is 3.78. The number of halogens is 3. The van der Waals surface area contributed by atoms with E-state index >= 15 is 0 Å². The van der Waals surface area contributed by atoms with Crippen LogP contribution in [0.3, 0.4) is 0 Å². The van der Waals surface area contributed by atoms with Crippen LogP contribution in [0.2, 0.25) is 0 Å². The monoisotopic (exact) mass is 372 g/mol. The minimum atomic E-state index is -0.0293. The average molecular weight is 373 g/mol. The first-order chi connectivity index (χ1) is 6.06. The topological polar surface area (TPSA) is 17.1 Å². The van der Waals surface area contributed by atoms with Crippen LogP contribution in [0.5, 0.6) is 0 Å². The second kappa shape index (κ2) is 4.75. The van der Waals surface area contributed by atoms with Crippen LogP contribution in [0.1, 0.15) is 15.9 Å². The van der Waals surface area contributed by atoms with Crippen molar-refractivity contribution in [3.05, 3.63) is 31.3 Å². The molecule has 13 heavy (non-hydrogen) atoms. The van der Waals surface area contributed by atoms with Gasteiger partial charge in [0.2, 0.25) is 0 Å². The maximum Gasteiger partial charge on any atom is 0.177 e. The molecule has 4 heteroatoms. The van der Waals surface area contributed by atoms with Gasteiger partial charge in [-0.3, -0.25) is 4.79 Å². The molecule has 1 nitrogen and oxygen atoms in total. The molecule has 0 atom stereocenters. The van der Waals surface area contributed by atoms with Crippen molar-refractivity contribution in [1.29, 1.82) is 0 Å². The predicted molar refractivity (Wildman–Crippen MR) is 66.6 cm³/mol. The van der Waals surface area contributed by atoms with Crippen LogP contribution in [0.25, 0.3) is 0 Å². The third-order valence-corrected chi connectivity index (χ3v) is 3.42. The van der Waals surface area contributed by atoms with E-state index in [4.69, 9.17) is 11.6 Å². The highest BCUT2D eigenvalue weighted by molar-refractivity contribution is 14.1. The Morgan fingerprint density at radius 2 is 2.23 bits per heavy atom. The van der Waals surface area contributed by atoms with E-state index in [1.165, 1.54) is 0 Å². The molecule has 1 rings (SSSR count). The van der Waals surface area contributed by atoms with Crippen LogP contribution in [-0.2, 0) is 0 Å². The number of rotatable bonds is 2. The first-order valence-electron chi connectivity index (χ1n) is 3.61. The third-order valence-electron chi connectivity index (χ3n) is 1.73. The molecule has 70 valence electrons. The Kier molecular flexibility index (Phi) is 4.19. The molecule has 1 aromatic rings. The van der Waals surface area contributed by atoms with Gasteiger partial charge in [0.1, 0.15) is 0 Å². The number of ketones is 1. The molecule has 0 saturated heterocycles. The van der Waals surface area contributed by atoms with Crippen molar-refractivity contribution >= 4 is 55.9 Å². The van der Waals surface area contributed by atoms with Gasteiger partial charge in [0.15, 0.2) is 5.78 Å². The molecule has 0 unspecified atom stereocenters. The zero-order valence-electron chi connectivity index (χ0n) is 6.90. The lowest BCUT2D eigenvalue weighted by Gasteiger charge is -2.05. The summed E-state index contributed by atoms with van der Waals surface area (Å²) in [4.78, 5) is 11.4. The molecule has 0 aliphatic rings. The molecule has 1 aromatic carbocycles. The van der Waals surface area contributed by atoms with Crippen molar-refractivity contribution in [2.75, 3.05) is 5.88 Å². The Balaban J connectivity index is 3.28. The van der Waals surface area contributed by atoms with E-state index in [0.717, 1.165) is 13.6 Å². The molecule has 0 aliphatic heterocycles. The van der Waals surface area contributed by atoms with E-state index in [9.17, 15) is 4.79 Å². The largest absolute Gasteiger partial charge is 0.293 e. The summed E-state index contributed by atoms with van der Waals surface area (Å²) in [6.45, 7) is 1.90. The van der Waals surface area contributed by atoms with Gasteiger partial charge in [0.05, 0.1) is 5.88 Å². The summed E-state index contributed by atoms with van der Waals surface area (Å²) >= 11 is 11.1. The smallest absolute Gasteiger partial charge is 0.177 e. The molecule has 0 fully saturated rings. The van der Waals surface area contributed by atoms with Crippen molar-refractivity contribution in [1.82, 2.24) is 0 Å². The van der Waals surface area contributed by atoms with E-state index in [1.807, 2.05) is 19.1 Å². The number of Topliss-reactive ketones (excluding diaryl/α,β-unsaturated/α-hetero) is 1. The Morgan fingerprint density at radius 3 is 2.77 bits per heavy atom. The quantitative estimate of drug-likeness (QED) is 0.438. The van der Waals surface area contributed by atoms with Crippen molar-refractivity contribution in [2.24, 2.45) is 0 Å². The summed E-state index contributed by atoms with van der Waals surface area (Å²) in [5, 5.41) is 0. The number of benzene rings is 1. The fourth-order valence-electron chi connectivity index (χ4n) is 1.01. The highest BCUT2D eigenvalue weighted by Gasteiger charge is 2.10. The van der Waals surface area contributed by atoms with Crippen molar-refractivity contribution < 1.29 is 4.79 Å². The van der Waals surface area contributed by atoms with Gasteiger partial charge in [-0.1, -0.05) is 15.9 Å². The standard InChI is InChI=1S/C9H7BrClIO/c1-5-7(9(13)4-11)2-6(12)3-8(5)10/h2-3H,4H2,1H3. The van der Waals surface area contributed by atoms with Crippen LogP contribution >= 0.6 is 50.1 Å². The molecule has 0 N–H and O–H groups in total. The van der Waals surface area contributed by atoms with E-state index in [2.05, 4.69) is 38.5 Å². The number of carbonyl (C=O) groups is 1. The fourth-order valence-corrected chi connectivity index (χ4v) is 2.66. The lowest BCUT2D eigenvalue weighted by atomic mass is 10.1. The Morgan fingerprint density at radius 1 is 1.62 bits per heavy atom. The fraction of sp³-hybridized carbons (Fsp3) is 0.222. The van der Waals surface area contributed by atoms with Gasteiger partial charge in [-0.05, 0) is 47.2 Å². The maximum atomic E-state index is 11.4. The summed E-state index contributed by atoms with van der Waals surface area (Å²) < 4.78 is 1.98. The van der Waals surface area contributed by atoms with Crippen LogP contribution < -0.4 is 0 Å². The molecule has 0 amide bonds. The van der Waals surface area contributed by atoms with Crippen molar-refractivity contribution in [3.8, 4) is 0 Å².